The van der Waals surface area contributed by atoms with Gasteiger partial charge in [-0.05, 0) is 44.7 Å². The summed E-state index contributed by atoms with van der Waals surface area (Å²) < 4.78 is 5.72. The zero-order chi connectivity index (χ0) is 11.5. The Morgan fingerprint density at radius 3 is 2.73 bits per heavy atom. The minimum Gasteiger partial charge on any atom is -0.465 e. The Kier molecular flexibility index (Phi) is 4.22. The topological polar surface area (TPSA) is 26.3 Å². The molecule has 0 N–H and O–H groups in total. The number of carbonyl (C=O) groups is 1. The molecule has 0 radical (unpaired) electrons. The highest BCUT2D eigenvalue weighted by Crippen LogP contribution is 2.38. The molecule has 84 valence electrons. The number of carbonyl (C=O) groups excluding carboxylic acids is 1. The second-order valence-electron chi connectivity index (χ2n) is 3.72. The molecule has 4 heteroatoms. The minimum atomic E-state index is -0.508. The van der Waals surface area contributed by atoms with Gasteiger partial charge in [-0.25, -0.2) is 0 Å². The number of hydrogen-bond acceptors (Lipinski definition) is 4. The van der Waals surface area contributed by atoms with Crippen LogP contribution in [0, 0.1) is 6.92 Å². The first-order chi connectivity index (χ1) is 6.97. The molecule has 0 aromatic carbocycles. The van der Waals surface area contributed by atoms with Gasteiger partial charge in [0.05, 0.1) is 10.8 Å². The van der Waals surface area contributed by atoms with Crippen LogP contribution in [-0.4, -0.2) is 17.3 Å². The van der Waals surface area contributed by atoms with Crippen LogP contribution in [0.4, 0.5) is 0 Å². The highest BCUT2D eigenvalue weighted by atomic mass is 32.2. The molecule has 0 aliphatic heterocycles. The number of esters is 1. The fraction of sp³-hybridized carbons (Fsp3) is 0.545. The van der Waals surface area contributed by atoms with Gasteiger partial charge in [-0.15, -0.1) is 11.3 Å². The third-order valence-corrected chi connectivity index (χ3v) is 4.46. The van der Waals surface area contributed by atoms with Gasteiger partial charge in [-0.2, -0.15) is 0 Å². The van der Waals surface area contributed by atoms with Crippen LogP contribution in [0.25, 0.3) is 0 Å². The molecule has 0 aliphatic rings. The Hall–Kier alpha value is -0.480. The van der Waals surface area contributed by atoms with Crippen molar-refractivity contribution in [3.63, 3.8) is 0 Å². The Labute approximate surface area is 99.0 Å². The smallest absolute Gasteiger partial charge is 0.322 e. The lowest BCUT2D eigenvalue weighted by molar-refractivity contribution is -0.145. The molecule has 0 atom stereocenters. The van der Waals surface area contributed by atoms with Crippen LogP contribution in [0.5, 0.6) is 0 Å². The van der Waals surface area contributed by atoms with Gasteiger partial charge in [0, 0.05) is 0 Å². The maximum Gasteiger partial charge on any atom is 0.322 e. The van der Waals surface area contributed by atoms with Gasteiger partial charge in [-0.3, -0.25) is 4.79 Å². The predicted octanol–water partition coefficient (Wildman–Crippen LogP) is 3.49. The molecule has 1 rings (SSSR count). The van der Waals surface area contributed by atoms with Crippen LogP contribution in [0.2, 0.25) is 0 Å². The van der Waals surface area contributed by atoms with E-state index < -0.39 is 4.75 Å². The van der Waals surface area contributed by atoms with E-state index in [2.05, 4.69) is 13.0 Å². The average Bonchev–Trinajstić information content (AvgIpc) is 2.52. The quantitative estimate of drug-likeness (QED) is 0.599. The van der Waals surface area contributed by atoms with Crippen molar-refractivity contribution in [1.82, 2.24) is 0 Å². The van der Waals surface area contributed by atoms with Crippen LogP contribution >= 0.6 is 23.1 Å². The van der Waals surface area contributed by atoms with Crippen molar-refractivity contribution in [3.05, 3.63) is 17.0 Å². The zero-order valence-electron chi connectivity index (χ0n) is 9.49. The number of aryl methyl sites for hydroxylation is 1. The number of hydrogen-bond donors (Lipinski definition) is 0. The molecule has 2 nitrogen and oxygen atoms in total. The number of rotatable bonds is 4. The molecule has 0 saturated carbocycles. The molecule has 0 unspecified atom stereocenters. The average molecular weight is 244 g/mol. The third kappa shape index (κ3) is 3.24. The van der Waals surface area contributed by atoms with Crippen LogP contribution < -0.4 is 0 Å². The van der Waals surface area contributed by atoms with Crippen molar-refractivity contribution in [2.24, 2.45) is 0 Å². The summed E-state index contributed by atoms with van der Waals surface area (Å²) in [6, 6.07) is 2.06. The second kappa shape index (κ2) is 5.03. The number of thioether (sulfide) groups is 1. The molecular formula is C11H16O2S2. The summed E-state index contributed by atoms with van der Waals surface area (Å²) in [7, 11) is 0. The van der Waals surface area contributed by atoms with E-state index in [1.165, 1.54) is 9.77 Å². The Bertz CT molecular complexity index is 342. The molecule has 0 fully saturated rings. The first-order valence-corrected chi connectivity index (χ1v) is 6.57. The molecule has 0 spiro atoms. The van der Waals surface area contributed by atoms with Crippen molar-refractivity contribution >= 4 is 29.1 Å². The van der Waals surface area contributed by atoms with Crippen molar-refractivity contribution in [3.8, 4) is 0 Å². The Morgan fingerprint density at radius 2 is 2.27 bits per heavy atom. The summed E-state index contributed by atoms with van der Waals surface area (Å²) in [6.07, 6.45) is 0. The third-order valence-electron chi connectivity index (χ3n) is 1.93. The molecular weight excluding hydrogens is 228 g/mol. The van der Waals surface area contributed by atoms with E-state index >= 15 is 0 Å². The highest BCUT2D eigenvalue weighted by Gasteiger charge is 2.31. The molecule has 1 aromatic heterocycles. The van der Waals surface area contributed by atoms with Crippen LogP contribution in [0.15, 0.2) is 15.7 Å². The van der Waals surface area contributed by atoms with Gasteiger partial charge in [-0.1, -0.05) is 11.8 Å². The van der Waals surface area contributed by atoms with Crippen LogP contribution in [0.1, 0.15) is 26.3 Å². The van der Waals surface area contributed by atoms with Crippen LogP contribution in [-0.2, 0) is 9.53 Å². The lowest BCUT2D eigenvalue weighted by Crippen LogP contribution is -2.29. The highest BCUT2D eigenvalue weighted by molar-refractivity contribution is 8.03. The zero-order valence-corrected chi connectivity index (χ0v) is 11.1. The largest absolute Gasteiger partial charge is 0.465 e. The van der Waals surface area contributed by atoms with Gasteiger partial charge >= 0.3 is 5.97 Å². The minimum absolute atomic E-state index is 0.150. The first-order valence-electron chi connectivity index (χ1n) is 4.87. The summed E-state index contributed by atoms with van der Waals surface area (Å²) in [5.41, 5.74) is 1.22. The van der Waals surface area contributed by atoms with Crippen molar-refractivity contribution in [1.29, 1.82) is 0 Å². The predicted molar refractivity (Wildman–Crippen MR) is 65.6 cm³/mol. The summed E-state index contributed by atoms with van der Waals surface area (Å²) in [6.45, 7) is 8.12. The van der Waals surface area contributed by atoms with Crippen LogP contribution in [0.3, 0.4) is 0 Å². The molecule has 1 heterocycles. The summed E-state index contributed by atoms with van der Waals surface area (Å²) in [5.74, 6) is -0.150. The molecule has 15 heavy (non-hydrogen) atoms. The van der Waals surface area contributed by atoms with Crippen molar-refractivity contribution in [2.45, 2.75) is 36.7 Å². The normalized spacial score (nSPS) is 11.5. The molecule has 0 saturated heterocycles. The van der Waals surface area contributed by atoms with E-state index in [1.54, 1.807) is 23.1 Å². The first kappa shape index (κ1) is 12.6. The lowest BCUT2D eigenvalue weighted by Gasteiger charge is -2.21. The Balaban J connectivity index is 2.72. The van der Waals surface area contributed by atoms with Crippen molar-refractivity contribution < 1.29 is 9.53 Å². The maximum atomic E-state index is 11.7. The van der Waals surface area contributed by atoms with E-state index in [1.807, 2.05) is 26.2 Å². The van der Waals surface area contributed by atoms with Crippen molar-refractivity contribution in [2.75, 3.05) is 6.61 Å². The molecule has 0 aliphatic carbocycles. The summed E-state index contributed by atoms with van der Waals surface area (Å²) >= 11 is 3.24. The van der Waals surface area contributed by atoms with E-state index in [0.29, 0.717) is 6.61 Å². The van der Waals surface area contributed by atoms with Gasteiger partial charge in [0.15, 0.2) is 0 Å². The number of ether oxygens (including phenoxy) is 1. The molecule has 0 amide bonds. The monoisotopic (exact) mass is 244 g/mol. The fourth-order valence-corrected chi connectivity index (χ4v) is 3.51. The van der Waals surface area contributed by atoms with Gasteiger partial charge in [0.2, 0.25) is 0 Å². The van der Waals surface area contributed by atoms with E-state index in [0.717, 1.165) is 0 Å². The van der Waals surface area contributed by atoms with E-state index in [-0.39, 0.29) is 5.97 Å². The standard InChI is InChI=1S/C11H16O2S2/c1-5-13-10(12)11(3,4)15-9-8(2)6-7-14-9/h6-7H,5H2,1-4H3. The Morgan fingerprint density at radius 1 is 1.60 bits per heavy atom. The molecule has 1 aromatic rings. The lowest BCUT2D eigenvalue weighted by atomic mass is 10.2. The summed E-state index contributed by atoms with van der Waals surface area (Å²) in [4.78, 5) is 11.7. The summed E-state index contributed by atoms with van der Waals surface area (Å²) in [5, 5.41) is 2.04. The number of thiophene rings is 1. The van der Waals surface area contributed by atoms with Gasteiger partial charge in [0.25, 0.3) is 0 Å². The van der Waals surface area contributed by atoms with E-state index in [9.17, 15) is 4.79 Å². The van der Waals surface area contributed by atoms with E-state index in [4.69, 9.17) is 4.74 Å². The SMILES string of the molecule is CCOC(=O)C(C)(C)Sc1sccc1C. The maximum absolute atomic E-state index is 11.7. The molecule has 0 bridgehead atoms. The fourth-order valence-electron chi connectivity index (χ4n) is 1.04. The van der Waals surface area contributed by atoms with Gasteiger partial charge in [0.1, 0.15) is 4.75 Å². The van der Waals surface area contributed by atoms with Gasteiger partial charge < -0.3 is 4.74 Å². The second-order valence-corrected chi connectivity index (χ2v) is 6.53.